The van der Waals surface area contributed by atoms with Gasteiger partial charge in [0.05, 0.1) is 0 Å². The molecule has 0 atom stereocenters. The van der Waals surface area contributed by atoms with Gasteiger partial charge in [-0.2, -0.15) is 9.98 Å². The zero-order valence-corrected chi connectivity index (χ0v) is 7.07. The molecule has 0 aliphatic carbocycles. The van der Waals surface area contributed by atoms with Crippen molar-refractivity contribution < 1.29 is 8.81 Å². The van der Waals surface area contributed by atoms with Crippen LogP contribution in [0.5, 0.6) is 0 Å². The van der Waals surface area contributed by atoms with Gasteiger partial charge in [-0.15, -0.1) is 0 Å². The molecule has 72 valence electrons. The van der Waals surface area contributed by atoms with E-state index in [9.17, 15) is 4.39 Å². The van der Waals surface area contributed by atoms with Gasteiger partial charge in [-0.1, -0.05) is 6.07 Å². The van der Waals surface area contributed by atoms with Crippen molar-refractivity contribution >= 4 is 23.1 Å². The van der Waals surface area contributed by atoms with Crippen molar-refractivity contribution in [2.45, 2.75) is 0 Å². The molecule has 1 aromatic heterocycles. The Bertz CT molecular complexity index is 501. The van der Waals surface area contributed by atoms with Crippen LogP contribution in [-0.4, -0.2) is 10.9 Å². The summed E-state index contributed by atoms with van der Waals surface area (Å²) >= 11 is 0. The first-order valence-electron chi connectivity index (χ1n) is 3.81. The Morgan fingerprint density at radius 2 is 2.21 bits per heavy atom. The molecule has 0 radical (unpaired) electrons. The van der Waals surface area contributed by atoms with Crippen LogP contribution in [0.15, 0.2) is 27.6 Å². The van der Waals surface area contributed by atoms with Crippen LogP contribution in [0.1, 0.15) is 0 Å². The number of para-hydroxylation sites is 1. The van der Waals surface area contributed by atoms with Gasteiger partial charge < -0.3 is 15.9 Å². The van der Waals surface area contributed by atoms with Crippen molar-refractivity contribution in [1.82, 2.24) is 4.98 Å². The number of halogens is 1. The second-order valence-electron chi connectivity index (χ2n) is 2.62. The topological polar surface area (TPSA) is 90.4 Å². The lowest BCUT2D eigenvalue weighted by Crippen LogP contribution is -2.21. The minimum Gasteiger partial charge on any atom is -0.422 e. The minimum absolute atomic E-state index is 0.0508. The minimum atomic E-state index is -0.469. The van der Waals surface area contributed by atoms with E-state index in [1.165, 1.54) is 12.1 Å². The zero-order valence-electron chi connectivity index (χ0n) is 7.07. The molecule has 4 N–H and O–H groups in total. The molecule has 6 heteroatoms. The van der Waals surface area contributed by atoms with Gasteiger partial charge in [-0.3, -0.25) is 0 Å². The SMILES string of the molecule is NC(N)=Nc1nc2c(F)cccc2o1. The number of fused-ring (bicyclic) bond motifs is 1. The molecule has 14 heavy (non-hydrogen) atoms. The van der Waals surface area contributed by atoms with E-state index < -0.39 is 5.82 Å². The highest BCUT2D eigenvalue weighted by molar-refractivity contribution is 5.80. The van der Waals surface area contributed by atoms with Gasteiger partial charge in [-0.25, -0.2) is 4.39 Å². The van der Waals surface area contributed by atoms with Crippen LogP contribution in [0.4, 0.5) is 10.4 Å². The lowest BCUT2D eigenvalue weighted by Gasteiger charge is -1.85. The zero-order chi connectivity index (χ0) is 10.1. The molecule has 1 heterocycles. The fourth-order valence-electron chi connectivity index (χ4n) is 1.06. The van der Waals surface area contributed by atoms with E-state index in [0.29, 0.717) is 5.58 Å². The van der Waals surface area contributed by atoms with E-state index in [2.05, 4.69) is 9.98 Å². The fraction of sp³-hybridized carbons (Fsp3) is 0. The van der Waals surface area contributed by atoms with E-state index in [4.69, 9.17) is 15.9 Å². The number of oxazole rings is 1. The summed E-state index contributed by atoms with van der Waals surface area (Å²) in [6, 6.07) is 4.33. The number of rotatable bonds is 1. The maximum Gasteiger partial charge on any atom is 0.326 e. The molecule has 0 saturated heterocycles. The predicted molar refractivity (Wildman–Crippen MR) is 49.4 cm³/mol. The molecule has 0 spiro atoms. The number of guanidine groups is 1. The van der Waals surface area contributed by atoms with E-state index in [0.717, 1.165) is 0 Å². The molecule has 0 aliphatic rings. The van der Waals surface area contributed by atoms with Crippen LogP contribution in [0, 0.1) is 5.82 Å². The summed E-state index contributed by atoms with van der Waals surface area (Å²) in [7, 11) is 0. The number of nitrogens with two attached hydrogens (primary N) is 2. The molecule has 5 nitrogen and oxygen atoms in total. The summed E-state index contributed by atoms with van der Waals surface area (Å²) in [5.74, 6) is -0.653. The Labute approximate surface area is 78.2 Å². The van der Waals surface area contributed by atoms with E-state index in [1.54, 1.807) is 6.07 Å². The number of nitrogens with zero attached hydrogens (tertiary/aromatic N) is 2. The largest absolute Gasteiger partial charge is 0.422 e. The summed E-state index contributed by atoms with van der Waals surface area (Å²) in [4.78, 5) is 7.33. The van der Waals surface area contributed by atoms with Gasteiger partial charge in [0, 0.05) is 0 Å². The summed E-state index contributed by atoms with van der Waals surface area (Å²) in [6.45, 7) is 0. The van der Waals surface area contributed by atoms with Gasteiger partial charge in [0.15, 0.2) is 17.4 Å². The van der Waals surface area contributed by atoms with Crippen molar-refractivity contribution in [3.8, 4) is 0 Å². The molecule has 0 aliphatic heterocycles. The van der Waals surface area contributed by atoms with Crippen LogP contribution < -0.4 is 11.5 Å². The average Bonchev–Trinajstić information content (AvgIpc) is 2.47. The summed E-state index contributed by atoms with van der Waals surface area (Å²) in [6.07, 6.45) is 0. The molecular formula is C8H7FN4O. The summed E-state index contributed by atoms with van der Waals surface area (Å²) in [5.41, 5.74) is 10.7. The molecule has 0 fully saturated rings. The smallest absolute Gasteiger partial charge is 0.326 e. The van der Waals surface area contributed by atoms with Crippen LogP contribution in [0.25, 0.3) is 11.1 Å². The lowest BCUT2D eigenvalue weighted by molar-refractivity contribution is 0.611. The monoisotopic (exact) mass is 194 g/mol. The van der Waals surface area contributed by atoms with Crippen LogP contribution in [-0.2, 0) is 0 Å². The lowest BCUT2D eigenvalue weighted by atomic mass is 10.3. The molecule has 1 aromatic carbocycles. The first-order chi connectivity index (χ1) is 6.66. The molecule has 2 rings (SSSR count). The van der Waals surface area contributed by atoms with Crippen molar-refractivity contribution in [3.63, 3.8) is 0 Å². The third kappa shape index (κ3) is 1.37. The number of benzene rings is 1. The Balaban J connectivity index is 2.63. The molecule has 0 bridgehead atoms. The molecule has 0 saturated carbocycles. The Hall–Kier alpha value is -2.11. The molecule has 0 unspecified atom stereocenters. The summed E-state index contributed by atoms with van der Waals surface area (Å²) in [5, 5.41) is 0. The fourth-order valence-corrected chi connectivity index (χ4v) is 1.06. The third-order valence-electron chi connectivity index (χ3n) is 1.58. The predicted octanol–water partition coefficient (Wildman–Crippen LogP) is 0.872. The third-order valence-corrected chi connectivity index (χ3v) is 1.58. The highest BCUT2D eigenvalue weighted by atomic mass is 19.1. The van der Waals surface area contributed by atoms with Gasteiger partial charge in [-0.05, 0) is 12.1 Å². The van der Waals surface area contributed by atoms with Crippen LogP contribution in [0.3, 0.4) is 0 Å². The number of aromatic nitrogens is 1. The first kappa shape index (κ1) is 8.49. The maximum atomic E-state index is 13.1. The van der Waals surface area contributed by atoms with Gasteiger partial charge in [0.25, 0.3) is 0 Å². The Morgan fingerprint density at radius 1 is 1.43 bits per heavy atom. The number of hydrogen-bond donors (Lipinski definition) is 2. The first-order valence-corrected chi connectivity index (χ1v) is 3.81. The van der Waals surface area contributed by atoms with Gasteiger partial charge >= 0.3 is 6.01 Å². The van der Waals surface area contributed by atoms with Crippen molar-refractivity contribution in [1.29, 1.82) is 0 Å². The number of hydrogen-bond acceptors (Lipinski definition) is 3. The van der Waals surface area contributed by atoms with E-state index in [1.807, 2.05) is 0 Å². The Kier molecular flexibility index (Phi) is 1.81. The van der Waals surface area contributed by atoms with E-state index in [-0.39, 0.29) is 17.5 Å². The standard InChI is InChI=1S/C8H7FN4O/c9-4-2-1-3-5-6(4)12-8(14-5)13-7(10)11/h1-3H,(H4,10,11,12,13). The number of aliphatic imine (C=N–C) groups is 1. The Morgan fingerprint density at radius 3 is 2.86 bits per heavy atom. The molecular weight excluding hydrogens is 187 g/mol. The highest BCUT2D eigenvalue weighted by Gasteiger charge is 2.08. The van der Waals surface area contributed by atoms with Crippen LogP contribution >= 0.6 is 0 Å². The maximum absolute atomic E-state index is 13.1. The molecule has 2 aromatic rings. The van der Waals surface area contributed by atoms with Crippen molar-refractivity contribution in [2.75, 3.05) is 0 Å². The van der Waals surface area contributed by atoms with Crippen LogP contribution in [0.2, 0.25) is 0 Å². The highest BCUT2D eigenvalue weighted by Crippen LogP contribution is 2.22. The molecule has 0 amide bonds. The second-order valence-corrected chi connectivity index (χ2v) is 2.62. The summed E-state index contributed by atoms with van der Waals surface area (Å²) < 4.78 is 18.2. The van der Waals surface area contributed by atoms with Gasteiger partial charge in [0.1, 0.15) is 5.52 Å². The van der Waals surface area contributed by atoms with Crippen molar-refractivity contribution in [3.05, 3.63) is 24.0 Å². The van der Waals surface area contributed by atoms with Crippen molar-refractivity contribution in [2.24, 2.45) is 16.5 Å². The van der Waals surface area contributed by atoms with E-state index >= 15 is 0 Å². The average molecular weight is 194 g/mol. The second kappa shape index (κ2) is 2.99. The van der Waals surface area contributed by atoms with Gasteiger partial charge in [0.2, 0.25) is 0 Å². The quantitative estimate of drug-likeness (QED) is 0.520. The normalized spacial score (nSPS) is 10.4.